The van der Waals surface area contributed by atoms with Crippen LogP contribution in [0.15, 0.2) is 237 Å². The van der Waals surface area contributed by atoms with Gasteiger partial charge in [-0.25, -0.2) is 0 Å². The van der Waals surface area contributed by atoms with Gasteiger partial charge in [0.1, 0.15) is 0 Å². The number of hydrogen-bond acceptors (Lipinski definition) is 1. The van der Waals surface area contributed by atoms with Crippen LogP contribution in [0.5, 0.6) is 0 Å². The van der Waals surface area contributed by atoms with Gasteiger partial charge >= 0.3 is 0 Å². The SMILES string of the molecule is c1ccc(C2(c3ccccc3)c3ccccc3-c3c(N(c4ccccc4-c4ccc(-c5cccc6ccccc56)cc4)c4cccc5ccccc45)cccc32)cc1. The van der Waals surface area contributed by atoms with Crippen molar-refractivity contribution in [3.8, 4) is 33.4 Å². The summed E-state index contributed by atoms with van der Waals surface area (Å²) in [5.74, 6) is 0. The summed E-state index contributed by atoms with van der Waals surface area (Å²) in [5, 5.41) is 4.92. The zero-order chi connectivity index (χ0) is 38.5. The molecule has 58 heavy (non-hydrogen) atoms. The Morgan fingerprint density at radius 3 is 1.45 bits per heavy atom. The average molecular weight is 738 g/mol. The van der Waals surface area contributed by atoms with Crippen LogP contribution in [0, 0.1) is 0 Å². The molecule has 272 valence electrons. The molecule has 0 unspecified atom stereocenters. The summed E-state index contributed by atoms with van der Waals surface area (Å²) in [5.41, 5.74) is 15.3. The molecule has 0 aromatic heterocycles. The molecule has 11 rings (SSSR count). The predicted molar refractivity (Wildman–Crippen MR) is 244 cm³/mol. The molecule has 0 amide bonds. The van der Waals surface area contributed by atoms with Crippen molar-refractivity contribution in [3.63, 3.8) is 0 Å². The van der Waals surface area contributed by atoms with Gasteiger partial charge in [0.25, 0.3) is 0 Å². The van der Waals surface area contributed by atoms with Crippen molar-refractivity contribution in [3.05, 3.63) is 259 Å². The number of nitrogens with zero attached hydrogens (tertiary/aromatic N) is 1. The number of hydrogen-bond donors (Lipinski definition) is 0. The molecule has 1 aliphatic rings. The Labute approximate surface area is 339 Å². The Balaban J connectivity index is 1.17. The van der Waals surface area contributed by atoms with Gasteiger partial charge in [0.2, 0.25) is 0 Å². The second kappa shape index (κ2) is 13.9. The molecule has 0 saturated carbocycles. The van der Waals surface area contributed by atoms with E-state index in [1.165, 1.54) is 77.2 Å². The van der Waals surface area contributed by atoms with E-state index in [4.69, 9.17) is 0 Å². The van der Waals surface area contributed by atoms with Crippen molar-refractivity contribution in [1.29, 1.82) is 0 Å². The molecule has 0 radical (unpaired) electrons. The lowest BCUT2D eigenvalue weighted by Gasteiger charge is -2.35. The predicted octanol–water partition coefficient (Wildman–Crippen LogP) is 15.2. The molecule has 1 nitrogen and oxygen atoms in total. The Morgan fingerprint density at radius 1 is 0.276 bits per heavy atom. The maximum atomic E-state index is 2.53. The monoisotopic (exact) mass is 737 g/mol. The Bertz CT molecular complexity index is 3060. The lowest BCUT2D eigenvalue weighted by atomic mass is 9.68. The van der Waals surface area contributed by atoms with Crippen LogP contribution in [-0.4, -0.2) is 0 Å². The molecule has 0 saturated heterocycles. The standard InChI is InChI=1S/C57H39N/c1-3-22-44(23-4-1)57(45-24-5-2-6-25-45)51-31-13-11-29-50(51)56-52(57)32-17-35-55(56)58(54-34-16-21-41-19-8-10-27-48(41)54)53-33-14-12-28-49(53)43-38-36-42(37-39-43)47-30-15-20-40-18-7-9-26-46(40)47/h1-39H. The fourth-order valence-corrected chi connectivity index (χ4v) is 9.67. The molecule has 10 aromatic rings. The zero-order valence-electron chi connectivity index (χ0n) is 32.0. The molecule has 0 spiro atoms. The molecule has 1 aliphatic carbocycles. The van der Waals surface area contributed by atoms with Crippen LogP contribution < -0.4 is 4.90 Å². The fraction of sp³-hybridized carbons (Fsp3) is 0.0175. The number of fused-ring (bicyclic) bond motifs is 5. The number of para-hydroxylation sites is 1. The zero-order valence-corrected chi connectivity index (χ0v) is 32.0. The van der Waals surface area contributed by atoms with Crippen LogP contribution in [0.25, 0.3) is 54.9 Å². The molecule has 1 heteroatoms. The maximum absolute atomic E-state index is 2.53. The maximum Gasteiger partial charge on any atom is 0.0714 e. The van der Waals surface area contributed by atoms with Gasteiger partial charge in [0.15, 0.2) is 0 Å². The van der Waals surface area contributed by atoms with Gasteiger partial charge < -0.3 is 4.90 Å². The van der Waals surface area contributed by atoms with Gasteiger partial charge in [0.05, 0.1) is 22.5 Å². The van der Waals surface area contributed by atoms with E-state index in [1.54, 1.807) is 0 Å². The topological polar surface area (TPSA) is 3.24 Å². The molecule has 0 heterocycles. The quantitative estimate of drug-likeness (QED) is 0.157. The number of rotatable bonds is 7. The lowest BCUT2D eigenvalue weighted by Crippen LogP contribution is -2.28. The summed E-state index contributed by atoms with van der Waals surface area (Å²) in [7, 11) is 0. The van der Waals surface area contributed by atoms with Crippen molar-refractivity contribution in [2.75, 3.05) is 4.90 Å². The highest BCUT2D eigenvalue weighted by atomic mass is 15.1. The minimum atomic E-state index is -0.508. The third-order valence-corrected chi connectivity index (χ3v) is 12.2. The highest BCUT2D eigenvalue weighted by Crippen LogP contribution is 2.60. The van der Waals surface area contributed by atoms with Crippen molar-refractivity contribution in [1.82, 2.24) is 0 Å². The second-order valence-electron chi connectivity index (χ2n) is 15.2. The first-order valence-corrected chi connectivity index (χ1v) is 20.1. The van der Waals surface area contributed by atoms with E-state index >= 15 is 0 Å². The van der Waals surface area contributed by atoms with E-state index in [2.05, 4.69) is 241 Å². The molecule has 10 aromatic carbocycles. The van der Waals surface area contributed by atoms with Crippen LogP contribution in [0.3, 0.4) is 0 Å². The number of anilines is 3. The summed E-state index contributed by atoms with van der Waals surface area (Å²) in [6.45, 7) is 0. The van der Waals surface area contributed by atoms with Crippen molar-refractivity contribution in [2.24, 2.45) is 0 Å². The highest BCUT2D eigenvalue weighted by molar-refractivity contribution is 6.05. The van der Waals surface area contributed by atoms with Crippen LogP contribution in [0.2, 0.25) is 0 Å². The van der Waals surface area contributed by atoms with Crippen LogP contribution in [-0.2, 0) is 5.41 Å². The van der Waals surface area contributed by atoms with E-state index in [-0.39, 0.29) is 0 Å². The van der Waals surface area contributed by atoms with Gasteiger partial charge in [-0.1, -0.05) is 218 Å². The summed E-state index contributed by atoms with van der Waals surface area (Å²) in [6.07, 6.45) is 0. The third kappa shape index (κ3) is 5.25. The van der Waals surface area contributed by atoms with Gasteiger partial charge in [-0.2, -0.15) is 0 Å². The molecular formula is C57H39N. The fourth-order valence-electron chi connectivity index (χ4n) is 9.67. The molecule has 0 bridgehead atoms. The Hall–Kier alpha value is -7.48. The van der Waals surface area contributed by atoms with E-state index in [1.807, 2.05) is 0 Å². The Morgan fingerprint density at radius 2 is 0.724 bits per heavy atom. The Kier molecular flexibility index (Phi) is 8.12. The summed E-state index contributed by atoms with van der Waals surface area (Å²) >= 11 is 0. The molecule has 0 atom stereocenters. The third-order valence-electron chi connectivity index (χ3n) is 12.2. The van der Waals surface area contributed by atoms with E-state index < -0.39 is 5.41 Å². The first-order valence-electron chi connectivity index (χ1n) is 20.1. The smallest absolute Gasteiger partial charge is 0.0714 e. The van der Waals surface area contributed by atoms with Crippen molar-refractivity contribution < 1.29 is 0 Å². The lowest BCUT2D eigenvalue weighted by molar-refractivity contribution is 0.768. The molecule has 0 fully saturated rings. The highest BCUT2D eigenvalue weighted by Gasteiger charge is 2.47. The normalized spacial score (nSPS) is 12.6. The number of benzene rings is 10. The molecular weight excluding hydrogens is 699 g/mol. The summed E-state index contributed by atoms with van der Waals surface area (Å²) in [4.78, 5) is 2.53. The van der Waals surface area contributed by atoms with Gasteiger partial charge in [-0.05, 0) is 78.9 Å². The minimum absolute atomic E-state index is 0.508. The summed E-state index contributed by atoms with van der Waals surface area (Å²) in [6, 6.07) is 86.8. The first-order chi connectivity index (χ1) is 28.8. The van der Waals surface area contributed by atoms with E-state index in [0.29, 0.717) is 0 Å². The average Bonchev–Trinajstić information content (AvgIpc) is 3.61. The summed E-state index contributed by atoms with van der Waals surface area (Å²) < 4.78 is 0. The van der Waals surface area contributed by atoms with Crippen LogP contribution in [0.1, 0.15) is 22.3 Å². The molecule has 0 N–H and O–H groups in total. The van der Waals surface area contributed by atoms with E-state index in [0.717, 1.165) is 17.1 Å². The van der Waals surface area contributed by atoms with Crippen LogP contribution in [0.4, 0.5) is 17.1 Å². The van der Waals surface area contributed by atoms with E-state index in [9.17, 15) is 0 Å². The minimum Gasteiger partial charge on any atom is -0.309 e. The van der Waals surface area contributed by atoms with Gasteiger partial charge in [-0.15, -0.1) is 0 Å². The van der Waals surface area contributed by atoms with Crippen molar-refractivity contribution in [2.45, 2.75) is 5.41 Å². The first kappa shape index (κ1) is 33.8. The van der Waals surface area contributed by atoms with Crippen molar-refractivity contribution >= 4 is 38.6 Å². The molecule has 0 aliphatic heterocycles. The second-order valence-corrected chi connectivity index (χ2v) is 15.2. The van der Waals surface area contributed by atoms with Gasteiger partial charge in [0, 0.05) is 16.5 Å². The largest absolute Gasteiger partial charge is 0.309 e. The van der Waals surface area contributed by atoms with Crippen LogP contribution >= 0.6 is 0 Å². The van der Waals surface area contributed by atoms with Gasteiger partial charge in [-0.3, -0.25) is 0 Å².